The molecule has 2 N–H and O–H groups in total. The summed E-state index contributed by atoms with van der Waals surface area (Å²) in [6, 6.07) is 3.88. The third kappa shape index (κ3) is 3.88. The highest BCUT2D eigenvalue weighted by Crippen LogP contribution is 2.22. The molecule has 0 bridgehead atoms. The van der Waals surface area contributed by atoms with Gasteiger partial charge in [-0.3, -0.25) is 9.97 Å². The quantitative estimate of drug-likeness (QED) is 0.887. The Balaban J connectivity index is 2.12. The first-order valence-corrected chi connectivity index (χ1v) is 7.17. The van der Waals surface area contributed by atoms with Crippen LogP contribution in [0.1, 0.15) is 20.3 Å². The lowest BCUT2D eigenvalue weighted by Crippen LogP contribution is -2.16. The molecule has 0 aliphatic heterocycles. The van der Waals surface area contributed by atoms with Crippen molar-refractivity contribution < 1.29 is 5.11 Å². The molecule has 102 valence electrons. The zero-order valence-electron chi connectivity index (χ0n) is 11.1. The summed E-state index contributed by atoms with van der Waals surface area (Å²) in [6.45, 7) is 4.74. The fraction of sp³-hybridized carbons (Fsp3) is 0.429. The van der Waals surface area contributed by atoms with Crippen LogP contribution < -0.4 is 5.32 Å². The molecule has 0 spiro atoms. The Kier molecular flexibility index (Phi) is 4.71. The maximum Gasteiger partial charge on any atom is 0.112 e. The maximum absolute atomic E-state index is 9.37. The molecular formula is C14H18BrN3O. The molecule has 2 atom stereocenters. The molecule has 2 rings (SSSR count). The lowest BCUT2D eigenvalue weighted by molar-refractivity contribution is 0.166. The Morgan fingerprint density at radius 3 is 2.89 bits per heavy atom. The highest BCUT2D eigenvalue weighted by molar-refractivity contribution is 9.10. The van der Waals surface area contributed by atoms with Crippen molar-refractivity contribution in [1.29, 1.82) is 0 Å². The normalized spacial score (nSPS) is 14.3. The first kappa shape index (κ1) is 14.2. The number of anilines is 1. The molecule has 0 saturated heterocycles. The molecule has 0 fully saturated rings. The number of pyridine rings is 2. The number of nitrogens with zero attached hydrogens (tertiary/aromatic N) is 2. The van der Waals surface area contributed by atoms with Gasteiger partial charge in [0.1, 0.15) is 5.52 Å². The molecule has 2 aromatic rings. The van der Waals surface area contributed by atoms with Gasteiger partial charge in [0.2, 0.25) is 0 Å². The van der Waals surface area contributed by atoms with Crippen molar-refractivity contribution in [2.45, 2.75) is 26.4 Å². The third-order valence-corrected chi connectivity index (χ3v) is 3.36. The first-order chi connectivity index (χ1) is 9.06. The monoisotopic (exact) mass is 323 g/mol. The van der Waals surface area contributed by atoms with E-state index in [1.54, 1.807) is 12.4 Å². The van der Waals surface area contributed by atoms with Crippen molar-refractivity contribution in [2.75, 3.05) is 11.9 Å². The number of nitrogens with one attached hydrogen (secondary N) is 1. The Morgan fingerprint density at radius 1 is 1.37 bits per heavy atom. The lowest BCUT2D eigenvalue weighted by Gasteiger charge is -2.15. The molecule has 2 unspecified atom stereocenters. The summed E-state index contributed by atoms with van der Waals surface area (Å²) >= 11 is 3.40. The van der Waals surface area contributed by atoms with Crippen LogP contribution in [0.15, 0.2) is 29.0 Å². The van der Waals surface area contributed by atoms with E-state index in [1.165, 1.54) is 0 Å². The second kappa shape index (κ2) is 6.30. The van der Waals surface area contributed by atoms with Gasteiger partial charge in [-0.25, -0.2) is 0 Å². The topological polar surface area (TPSA) is 58.0 Å². The second-order valence-electron chi connectivity index (χ2n) is 4.95. The molecule has 0 aliphatic rings. The first-order valence-electron chi connectivity index (χ1n) is 6.38. The maximum atomic E-state index is 9.37. The minimum Gasteiger partial charge on any atom is -0.393 e. The van der Waals surface area contributed by atoms with Crippen molar-refractivity contribution in [2.24, 2.45) is 5.92 Å². The van der Waals surface area contributed by atoms with E-state index in [0.717, 1.165) is 34.2 Å². The summed E-state index contributed by atoms with van der Waals surface area (Å²) in [6.07, 6.45) is 4.07. The van der Waals surface area contributed by atoms with Crippen LogP contribution in [-0.2, 0) is 0 Å². The Hall–Kier alpha value is -1.20. The van der Waals surface area contributed by atoms with E-state index in [1.807, 2.05) is 19.1 Å². The standard InChI is InChI=1S/C14H18BrN3O/c1-9(5-10(2)19)7-17-12-3-4-16-13-6-11(15)8-18-14(12)13/h3-4,6,8-10,19H,5,7H2,1-2H3,(H,16,17). The predicted molar refractivity (Wildman–Crippen MR) is 81.2 cm³/mol. The van der Waals surface area contributed by atoms with Crippen LogP contribution in [0, 0.1) is 5.92 Å². The van der Waals surface area contributed by atoms with Gasteiger partial charge < -0.3 is 10.4 Å². The summed E-state index contributed by atoms with van der Waals surface area (Å²) in [5, 5.41) is 12.8. The molecule has 0 aliphatic carbocycles. The fourth-order valence-electron chi connectivity index (χ4n) is 2.10. The van der Waals surface area contributed by atoms with E-state index in [-0.39, 0.29) is 6.10 Å². The lowest BCUT2D eigenvalue weighted by atomic mass is 10.0. The number of hydrogen-bond acceptors (Lipinski definition) is 4. The summed E-state index contributed by atoms with van der Waals surface area (Å²) in [7, 11) is 0. The van der Waals surface area contributed by atoms with Crippen LogP contribution in [-0.4, -0.2) is 27.7 Å². The SMILES string of the molecule is CC(O)CC(C)CNc1ccnc2cc(Br)cnc12. The van der Waals surface area contributed by atoms with Crippen LogP contribution >= 0.6 is 15.9 Å². The second-order valence-corrected chi connectivity index (χ2v) is 5.87. The number of aliphatic hydroxyl groups excluding tert-OH is 1. The molecular weight excluding hydrogens is 306 g/mol. The van der Waals surface area contributed by atoms with Crippen molar-refractivity contribution in [3.63, 3.8) is 0 Å². The molecule has 0 aromatic carbocycles. The van der Waals surface area contributed by atoms with Gasteiger partial charge in [0.05, 0.1) is 17.3 Å². The fourth-order valence-corrected chi connectivity index (χ4v) is 2.42. The van der Waals surface area contributed by atoms with E-state index in [4.69, 9.17) is 0 Å². The zero-order valence-corrected chi connectivity index (χ0v) is 12.7. The molecule has 0 radical (unpaired) electrons. The average Bonchev–Trinajstić information content (AvgIpc) is 2.35. The van der Waals surface area contributed by atoms with Crippen LogP contribution in [0.4, 0.5) is 5.69 Å². The molecule has 2 aromatic heterocycles. The summed E-state index contributed by atoms with van der Waals surface area (Å²) < 4.78 is 0.923. The van der Waals surface area contributed by atoms with E-state index >= 15 is 0 Å². The predicted octanol–water partition coefficient (Wildman–Crippen LogP) is 3.21. The average molecular weight is 324 g/mol. The Labute approximate surface area is 121 Å². The van der Waals surface area contributed by atoms with Gasteiger partial charge >= 0.3 is 0 Å². The number of aromatic nitrogens is 2. The van der Waals surface area contributed by atoms with Crippen molar-refractivity contribution in [3.05, 3.63) is 29.0 Å². The van der Waals surface area contributed by atoms with E-state index in [0.29, 0.717) is 5.92 Å². The number of rotatable bonds is 5. The van der Waals surface area contributed by atoms with Gasteiger partial charge in [-0.1, -0.05) is 6.92 Å². The highest BCUT2D eigenvalue weighted by Gasteiger charge is 2.08. The van der Waals surface area contributed by atoms with Crippen LogP contribution in [0.3, 0.4) is 0 Å². The van der Waals surface area contributed by atoms with Crippen molar-refractivity contribution in [1.82, 2.24) is 9.97 Å². The van der Waals surface area contributed by atoms with Gasteiger partial charge in [0, 0.05) is 23.4 Å². The number of hydrogen-bond donors (Lipinski definition) is 2. The van der Waals surface area contributed by atoms with Crippen molar-refractivity contribution >= 4 is 32.7 Å². The highest BCUT2D eigenvalue weighted by atomic mass is 79.9. The largest absolute Gasteiger partial charge is 0.393 e. The minimum atomic E-state index is -0.264. The van der Waals surface area contributed by atoms with Gasteiger partial charge in [-0.05, 0) is 47.3 Å². The van der Waals surface area contributed by atoms with Crippen LogP contribution in [0.2, 0.25) is 0 Å². The van der Waals surface area contributed by atoms with Crippen molar-refractivity contribution in [3.8, 4) is 0 Å². The van der Waals surface area contributed by atoms with Gasteiger partial charge in [-0.15, -0.1) is 0 Å². The molecule has 0 saturated carbocycles. The number of fused-ring (bicyclic) bond motifs is 1. The summed E-state index contributed by atoms with van der Waals surface area (Å²) in [5.74, 6) is 0.402. The van der Waals surface area contributed by atoms with Gasteiger partial charge in [-0.2, -0.15) is 0 Å². The molecule has 4 nitrogen and oxygen atoms in total. The van der Waals surface area contributed by atoms with Crippen LogP contribution in [0.25, 0.3) is 11.0 Å². The smallest absolute Gasteiger partial charge is 0.112 e. The van der Waals surface area contributed by atoms with Gasteiger partial charge in [0.25, 0.3) is 0 Å². The molecule has 2 heterocycles. The molecule has 5 heteroatoms. The van der Waals surface area contributed by atoms with Crippen LogP contribution in [0.5, 0.6) is 0 Å². The third-order valence-electron chi connectivity index (χ3n) is 2.93. The zero-order chi connectivity index (χ0) is 13.8. The number of halogens is 1. The summed E-state index contributed by atoms with van der Waals surface area (Å²) in [5.41, 5.74) is 2.72. The minimum absolute atomic E-state index is 0.264. The van der Waals surface area contributed by atoms with E-state index in [2.05, 4.69) is 38.1 Å². The molecule has 0 amide bonds. The van der Waals surface area contributed by atoms with E-state index < -0.39 is 0 Å². The Bertz CT molecular complexity index is 559. The molecule has 19 heavy (non-hydrogen) atoms. The van der Waals surface area contributed by atoms with E-state index in [9.17, 15) is 5.11 Å². The summed E-state index contributed by atoms with van der Waals surface area (Å²) in [4.78, 5) is 8.70. The number of aliphatic hydroxyl groups is 1. The Morgan fingerprint density at radius 2 is 2.16 bits per heavy atom. The van der Waals surface area contributed by atoms with Gasteiger partial charge in [0.15, 0.2) is 0 Å².